The van der Waals surface area contributed by atoms with Crippen molar-refractivity contribution in [1.82, 2.24) is 10.2 Å². The summed E-state index contributed by atoms with van der Waals surface area (Å²) >= 11 is 0. The van der Waals surface area contributed by atoms with Crippen molar-refractivity contribution in [2.45, 2.75) is 33.1 Å². The molecule has 0 aromatic rings. The maximum Gasteiger partial charge on any atom is 0.151 e. The fourth-order valence-electron chi connectivity index (χ4n) is 2.44. The fraction of sp³-hybridized carbons (Fsp3) is 1.00. The summed E-state index contributed by atoms with van der Waals surface area (Å²) in [5.41, 5.74) is 0. The summed E-state index contributed by atoms with van der Waals surface area (Å²) in [6.07, 6.45) is 3.12. The number of hydrogen-bond donors (Lipinski definition) is 1. The van der Waals surface area contributed by atoms with Gasteiger partial charge in [-0.3, -0.25) is 0 Å². The van der Waals surface area contributed by atoms with E-state index in [-0.39, 0.29) is 0 Å². The van der Waals surface area contributed by atoms with E-state index in [0.717, 1.165) is 45.1 Å². The van der Waals surface area contributed by atoms with Crippen molar-refractivity contribution in [3.8, 4) is 0 Å². The van der Waals surface area contributed by atoms with E-state index in [1.165, 1.54) is 12.8 Å². The number of likely N-dealkylation sites (tertiary alicyclic amines) is 1. The number of piperidine rings is 1. The summed E-state index contributed by atoms with van der Waals surface area (Å²) < 4.78 is 23.3. The first-order chi connectivity index (χ1) is 8.57. The third kappa shape index (κ3) is 6.16. The van der Waals surface area contributed by atoms with Gasteiger partial charge < -0.3 is 10.2 Å². The van der Waals surface area contributed by atoms with Gasteiger partial charge in [0.2, 0.25) is 0 Å². The van der Waals surface area contributed by atoms with Crippen molar-refractivity contribution in [2.24, 2.45) is 5.92 Å². The normalized spacial score (nSPS) is 19.2. The van der Waals surface area contributed by atoms with Crippen LogP contribution in [0.5, 0.6) is 0 Å². The molecule has 18 heavy (non-hydrogen) atoms. The molecular weight excluding hydrogens is 248 g/mol. The van der Waals surface area contributed by atoms with Gasteiger partial charge in [-0.15, -0.1) is 0 Å². The largest absolute Gasteiger partial charge is 0.317 e. The Hall–Kier alpha value is -0.130. The van der Waals surface area contributed by atoms with Crippen LogP contribution in [-0.2, 0) is 9.84 Å². The molecule has 4 nitrogen and oxygen atoms in total. The third-order valence-corrected chi connectivity index (χ3v) is 5.46. The number of nitrogens with zero attached hydrogens (tertiary/aromatic N) is 1. The summed E-state index contributed by atoms with van der Waals surface area (Å²) in [6, 6.07) is 0. The van der Waals surface area contributed by atoms with Gasteiger partial charge in [0.15, 0.2) is 9.84 Å². The quantitative estimate of drug-likeness (QED) is 0.722. The molecule has 0 aromatic carbocycles. The van der Waals surface area contributed by atoms with Crippen molar-refractivity contribution in [3.63, 3.8) is 0 Å². The first-order valence-electron chi connectivity index (χ1n) is 7.21. The number of rotatable bonds is 8. The van der Waals surface area contributed by atoms with E-state index in [9.17, 15) is 8.42 Å². The number of nitrogens with one attached hydrogen (secondary N) is 1. The Morgan fingerprint density at radius 1 is 1.17 bits per heavy atom. The SMILES string of the molecule is CCCS(=O)(=O)CCN1CCC(CNCC)CC1. The lowest BCUT2D eigenvalue weighted by Gasteiger charge is -2.31. The molecule has 0 saturated carbocycles. The standard InChI is InChI=1S/C13H28N2O2S/c1-3-10-18(16,17)11-9-15-7-5-13(6-8-15)12-14-4-2/h13-14H,3-12H2,1-2H3. The van der Waals surface area contributed by atoms with Crippen LogP contribution in [0.25, 0.3) is 0 Å². The molecule has 0 aromatic heterocycles. The molecule has 5 heteroatoms. The van der Waals surface area contributed by atoms with E-state index in [4.69, 9.17) is 0 Å². The lowest BCUT2D eigenvalue weighted by molar-refractivity contribution is 0.191. The minimum absolute atomic E-state index is 0.332. The second-order valence-corrected chi connectivity index (χ2v) is 7.55. The summed E-state index contributed by atoms with van der Waals surface area (Å²) in [5.74, 6) is 1.44. The van der Waals surface area contributed by atoms with Crippen molar-refractivity contribution < 1.29 is 8.42 Å². The molecule has 1 fully saturated rings. The highest BCUT2D eigenvalue weighted by Crippen LogP contribution is 2.16. The van der Waals surface area contributed by atoms with Crippen LogP contribution in [0.2, 0.25) is 0 Å². The molecule has 0 radical (unpaired) electrons. The van der Waals surface area contributed by atoms with Gasteiger partial charge in [-0.05, 0) is 51.4 Å². The Morgan fingerprint density at radius 3 is 2.39 bits per heavy atom. The smallest absolute Gasteiger partial charge is 0.151 e. The molecule has 0 spiro atoms. The van der Waals surface area contributed by atoms with E-state index in [1.807, 2.05) is 6.92 Å². The van der Waals surface area contributed by atoms with Crippen molar-refractivity contribution in [3.05, 3.63) is 0 Å². The Labute approximate surface area is 112 Å². The van der Waals surface area contributed by atoms with Crippen LogP contribution in [0.3, 0.4) is 0 Å². The fourth-order valence-corrected chi connectivity index (χ4v) is 3.81. The molecule has 1 N–H and O–H groups in total. The predicted molar refractivity (Wildman–Crippen MR) is 76.7 cm³/mol. The number of hydrogen-bond acceptors (Lipinski definition) is 4. The number of sulfone groups is 1. The molecule has 0 amide bonds. The molecular formula is C13H28N2O2S. The maximum atomic E-state index is 11.6. The zero-order chi connectivity index (χ0) is 13.4. The minimum atomic E-state index is -2.81. The third-order valence-electron chi connectivity index (χ3n) is 3.62. The van der Waals surface area contributed by atoms with E-state index in [0.29, 0.717) is 11.5 Å². The van der Waals surface area contributed by atoms with E-state index < -0.39 is 9.84 Å². The molecule has 1 rings (SSSR count). The summed E-state index contributed by atoms with van der Waals surface area (Å²) in [7, 11) is -2.81. The van der Waals surface area contributed by atoms with Crippen LogP contribution in [0.1, 0.15) is 33.1 Å². The molecule has 1 aliphatic heterocycles. The Kier molecular flexibility index (Phi) is 7.19. The molecule has 0 atom stereocenters. The van der Waals surface area contributed by atoms with E-state index in [1.54, 1.807) is 0 Å². The first-order valence-corrected chi connectivity index (χ1v) is 9.03. The monoisotopic (exact) mass is 276 g/mol. The summed E-state index contributed by atoms with van der Waals surface area (Å²) in [6.45, 7) is 9.02. The molecule has 0 bridgehead atoms. The van der Waals surface area contributed by atoms with Crippen molar-refractivity contribution >= 4 is 9.84 Å². The Bertz CT molecular complexity index is 309. The van der Waals surface area contributed by atoms with Gasteiger partial charge in [0.05, 0.1) is 5.75 Å². The average Bonchev–Trinajstić information content (AvgIpc) is 2.35. The highest BCUT2D eigenvalue weighted by molar-refractivity contribution is 7.91. The molecule has 1 heterocycles. The van der Waals surface area contributed by atoms with Crippen LogP contribution < -0.4 is 5.32 Å². The van der Waals surface area contributed by atoms with Gasteiger partial charge in [0.1, 0.15) is 0 Å². The summed E-state index contributed by atoms with van der Waals surface area (Å²) in [5, 5.41) is 3.39. The van der Waals surface area contributed by atoms with Gasteiger partial charge in [-0.1, -0.05) is 13.8 Å². The van der Waals surface area contributed by atoms with Gasteiger partial charge >= 0.3 is 0 Å². The molecule has 108 valence electrons. The highest BCUT2D eigenvalue weighted by atomic mass is 32.2. The van der Waals surface area contributed by atoms with E-state index in [2.05, 4.69) is 17.1 Å². The topological polar surface area (TPSA) is 49.4 Å². The minimum Gasteiger partial charge on any atom is -0.317 e. The lowest BCUT2D eigenvalue weighted by atomic mass is 9.97. The van der Waals surface area contributed by atoms with E-state index >= 15 is 0 Å². The van der Waals surface area contributed by atoms with Gasteiger partial charge in [0, 0.05) is 12.3 Å². The first kappa shape index (κ1) is 15.9. The van der Waals surface area contributed by atoms with Crippen LogP contribution in [0.15, 0.2) is 0 Å². The van der Waals surface area contributed by atoms with Crippen LogP contribution in [-0.4, -0.2) is 57.5 Å². The molecule has 0 aliphatic carbocycles. The van der Waals surface area contributed by atoms with Gasteiger partial charge in [0.25, 0.3) is 0 Å². The molecule has 1 saturated heterocycles. The van der Waals surface area contributed by atoms with Gasteiger partial charge in [-0.2, -0.15) is 0 Å². The zero-order valence-electron chi connectivity index (χ0n) is 11.8. The second kappa shape index (κ2) is 8.12. The Balaban J connectivity index is 2.19. The summed E-state index contributed by atoms with van der Waals surface area (Å²) in [4.78, 5) is 2.30. The average molecular weight is 276 g/mol. The Morgan fingerprint density at radius 2 is 1.83 bits per heavy atom. The molecule has 1 aliphatic rings. The van der Waals surface area contributed by atoms with Crippen LogP contribution in [0, 0.1) is 5.92 Å². The lowest BCUT2D eigenvalue weighted by Crippen LogP contribution is -2.39. The van der Waals surface area contributed by atoms with Crippen LogP contribution >= 0.6 is 0 Å². The maximum absolute atomic E-state index is 11.6. The molecule has 0 unspecified atom stereocenters. The zero-order valence-corrected chi connectivity index (χ0v) is 12.6. The predicted octanol–water partition coefficient (Wildman–Crippen LogP) is 1.13. The van der Waals surface area contributed by atoms with Gasteiger partial charge in [-0.25, -0.2) is 8.42 Å². The van der Waals surface area contributed by atoms with Crippen molar-refractivity contribution in [1.29, 1.82) is 0 Å². The second-order valence-electron chi connectivity index (χ2n) is 5.24. The van der Waals surface area contributed by atoms with Crippen LogP contribution in [0.4, 0.5) is 0 Å². The van der Waals surface area contributed by atoms with Crippen molar-refractivity contribution in [2.75, 3.05) is 44.2 Å². The highest BCUT2D eigenvalue weighted by Gasteiger charge is 2.20.